The molecule has 0 saturated carbocycles. The van der Waals surface area contributed by atoms with Crippen molar-refractivity contribution >= 4 is 317 Å². The number of ether oxygens (including phenoxy) is 4. The second-order valence-corrected chi connectivity index (χ2v) is 27.3. The molecule has 2 aromatic rings. The van der Waals surface area contributed by atoms with Crippen molar-refractivity contribution in [3.05, 3.63) is 256 Å². The molecule has 2 N–H and O–H groups in total. The first-order valence-electron chi connectivity index (χ1n) is 36.6. The van der Waals surface area contributed by atoms with Gasteiger partial charge in [-0.05, 0) is 190 Å². The van der Waals surface area contributed by atoms with E-state index in [1.54, 1.807) is 53.2 Å². The number of carbonyl (C=O) groups is 4. The first-order valence-corrected chi connectivity index (χ1v) is 36.6. The summed E-state index contributed by atoms with van der Waals surface area (Å²) in [6.07, 6.45) is -20.9. The summed E-state index contributed by atoms with van der Waals surface area (Å²) >= 11 is 0. The number of hydrogen-bond donors (Lipinski definition) is 2. The minimum atomic E-state index is -1.20. The lowest BCUT2D eigenvalue weighted by atomic mass is 8.28. The zero-order valence-electron chi connectivity index (χ0n) is 69.0. The molecule has 516 valence electrons. The van der Waals surface area contributed by atoms with E-state index >= 15 is 0 Å². The molecule has 0 fully saturated rings. The SMILES string of the molecule is C=C=C=C=C=C=C=C=C=C=C=C=C=C=C=C=C=C=C=C=C=C=C=C=C=C=C=C=C=C=C=C=C=C=C=C=C=C.CC(=O)Nc1ccc2c(c1)N(C(=O)OC(C)(C)C)CCO2.CCN(C(=O)NC)c1ccc2c(c1)N(C(=O)OC(C)(C)C)CCO2.[B]B([B])B(B([B])[B])B(B(B([B])[B])B([B])[B])B(B(B([B])[B])B([B])[B])B(B(B([B])[B])B([B])[B])B(B([B])[B])B([B])[B]. The Balaban J connectivity index is 0.000000828. The Morgan fingerprint density at radius 2 is 0.620 bits per heavy atom. The van der Waals surface area contributed by atoms with Crippen LogP contribution >= 0.6 is 0 Å². The lowest BCUT2D eigenvalue weighted by Crippen LogP contribution is -2.92. The number of nitrogens with zero attached hydrogens (tertiary/aromatic N) is 3. The molecule has 0 unspecified atom stereocenters. The highest BCUT2D eigenvalue weighted by molar-refractivity contribution is 8.31. The fourth-order valence-electron chi connectivity index (χ4n) is 11.7. The lowest BCUT2D eigenvalue weighted by Gasteiger charge is -2.53. The Bertz CT molecular complexity index is 5220. The average molecular weight is 1500 g/mol. The number of fused-ring (bicyclic) bond motifs is 2. The molecule has 5 amide bonds. The molecule has 51 heteroatoms. The van der Waals surface area contributed by atoms with E-state index < -0.39 is 138 Å². The summed E-state index contributed by atoms with van der Waals surface area (Å²) in [5, 5.41) is 5.30. The van der Waals surface area contributed by atoms with Crippen LogP contribution in [0.2, 0.25) is 0 Å². The van der Waals surface area contributed by atoms with Crippen molar-refractivity contribution in [2.75, 3.05) is 59.9 Å². The van der Waals surface area contributed by atoms with Crippen molar-refractivity contribution in [1.29, 1.82) is 0 Å². The van der Waals surface area contributed by atoms with E-state index in [0.717, 1.165) is 0 Å². The fraction of sp³-hybridized carbons (Fsp3) is 0.229. The highest BCUT2D eigenvalue weighted by atomic mass is 16.6. The van der Waals surface area contributed by atoms with Crippen LogP contribution in [0.3, 0.4) is 0 Å². The van der Waals surface area contributed by atoms with Gasteiger partial charge < -0.3 is 29.6 Å². The second kappa shape index (κ2) is 59.3. The molecule has 0 bridgehead atoms. The number of carbonyl (C=O) groups excluding carboxylic acids is 4. The van der Waals surface area contributed by atoms with E-state index in [1.165, 1.54) is 11.8 Å². The van der Waals surface area contributed by atoms with Crippen LogP contribution in [0.1, 0.15) is 55.4 Å². The van der Waals surface area contributed by atoms with Gasteiger partial charge in [0.2, 0.25) is 5.91 Å². The maximum atomic E-state index is 12.5. The highest BCUT2D eigenvalue weighted by Crippen LogP contribution is 2.37. The Morgan fingerprint density at radius 1 is 0.388 bits per heavy atom. The molecule has 0 spiro atoms. The summed E-state index contributed by atoms with van der Waals surface area (Å²) in [7, 11) is 126. The topological polar surface area (TPSA) is 139 Å². The highest BCUT2D eigenvalue weighted by Gasteiger charge is 2.56. The molecule has 2 heterocycles. The van der Waals surface area contributed by atoms with Gasteiger partial charge in [0.05, 0.1) is 24.5 Å². The van der Waals surface area contributed by atoms with Gasteiger partial charge in [-0.1, -0.05) is 11.5 Å². The van der Waals surface area contributed by atoms with Crippen molar-refractivity contribution in [3.8, 4) is 11.5 Å². The molecule has 121 heavy (non-hydrogen) atoms. The molecule has 2 aliphatic rings. The molecule has 0 saturated heterocycles. The van der Waals surface area contributed by atoms with E-state index in [2.05, 4.69) is 230 Å². The molecular formula is C70H49B38N5O8. The van der Waals surface area contributed by atoms with Crippen molar-refractivity contribution in [2.45, 2.75) is 66.6 Å². The Morgan fingerprint density at radius 3 is 0.835 bits per heavy atom. The standard InChI is InChI=1S/C38H4.C17H25N3O4.C15H20N2O4.B38/c1-3-5-7-9-11-13-15-17-19-21-23-25-27-29-31-33-35-37-38-36-34-32-30-28-26-24-22-20-18-16-14-12-10-8-6-4-2;1-6-19(15(21)18-5)12-7-8-14-13(11-12)20(9-10-23-14)16(22)24-17(2,3)4;1-10(18)16-11-5-6-13-12(9-11)17(7-8-20-13)14(19)21-15(2,3)4;1-21(2)31(22(3)4)36(32(23(5)6)24(7)8)38(35(29(17)18)30(19)20)37(33(25(9)10)26(11)12)34(27(13)14)28(15)16/h1-2H2;7-8,11H,6,9-10H2,1-5H3,(H,18,21);5-6,9H,7-8H2,1-4H3,(H,16,18);. The van der Waals surface area contributed by atoms with Gasteiger partial charge in [-0.3, -0.25) is 19.5 Å². The van der Waals surface area contributed by atoms with Crippen LogP contribution in [0.4, 0.5) is 37.1 Å². The predicted molar refractivity (Wildman–Crippen MR) is 529 cm³/mol. The minimum Gasteiger partial charge on any atom is -0.490 e. The van der Waals surface area contributed by atoms with Crippen molar-refractivity contribution in [2.24, 2.45) is 0 Å². The van der Waals surface area contributed by atoms with Gasteiger partial charge in [-0.15, -0.1) is 0 Å². The Labute approximate surface area is 748 Å². The van der Waals surface area contributed by atoms with Gasteiger partial charge in [0.15, 0.2) is 0 Å². The van der Waals surface area contributed by atoms with Crippen LogP contribution in [-0.4, -0.2) is 345 Å². The van der Waals surface area contributed by atoms with E-state index in [0.29, 0.717) is 67.1 Å². The van der Waals surface area contributed by atoms with Gasteiger partial charge >= 0.3 is 18.2 Å². The van der Waals surface area contributed by atoms with Crippen LogP contribution < -0.4 is 34.8 Å². The average Bonchev–Trinajstić information content (AvgIpc) is 0.748. The predicted octanol–water partition coefficient (Wildman–Crippen LogP) is -2.32. The lowest BCUT2D eigenvalue weighted by molar-refractivity contribution is -0.114. The van der Waals surface area contributed by atoms with Crippen LogP contribution in [0.25, 0.3) is 0 Å². The van der Waals surface area contributed by atoms with Crippen LogP contribution in [0.5, 0.6) is 11.5 Å². The first-order chi connectivity index (χ1) is 57.2. The minimum absolute atomic E-state index is 0.171. The quantitative estimate of drug-likeness (QED) is 0.112. The van der Waals surface area contributed by atoms with E-state index in [9.17, 15) is 19.2 Å². The van der Waals surface area contributed by atoms with Crippen molar-refractivity contribution in [1.82, 2.24) is 5.32 Å². The summed E-state index contributed by atoms with van der Waals surface area (Å²) < 4.78 is 22.0. The van der Waals surface area contributed by atoms with Gasteiger partial charge in [0, 0.05) is 405 Å². The third-order valence-electron chi connectivity index (χ3n) is 16.1. The monoisotopic (exact) mass is 1510 g/mol. The number of nitrogens with one attached hydrogen (secondary N) is 2. The second-order valence-electron chi connectivity index (χ2n) is 27.3. The maximum absolute atomic E-state index is 12.5. The normalized spacial score (nSPS) is 9.36. The summed E-state index contributed by atoms with van der Waals surface area (Å²) in [4.78, 5) is 52.5. The number of urea groups is 1. The number of anilines is 4. The fourth-order valence-corrected chi connectivity index (χ4v) is 11.7. The van der Waals surface area contributed by atoms with Gasteiger partial charge in [-0.2, -0.15) is 0 Å². The number of rotatable bonds is 20. The van der Waals surface area contributed by atoms with Crippen molar-refractivity contribution < 1.29 is 38.1 Å². The smallest absolute Gasteiger partial charge is 0.415 e. The molecule has 40 radical (unpaired) electrons. The summed E-state index contributed by atoms with van der Waals surface area (Å²) in [6.45, 7) is 23.0. The van der Waals surface area contributed by atoms with Crippen LogP contribution in [-0.2, 0) is 14.3 Å². The van der Waals surface area contributed by atoms with Gasteiger partial charge in [0.25, 0.3) is 0 Å². The van der Waals surface area contributed by atoms with Gasteiger partial charge in [-0.25, -0.2) is 14.4 Å². The third kappa shape index (κ3) is 42.6. The zero-order chi connectivity index (χ0) is 91.4. The van der Waals surface area contributed by atoms with E-state index in [1.807, 2.05) is 48.5 Å². The summed E-state index contributed by atoms with van der Waals surface area (Å²) in [6, 6.07) is 10.3. The number of benzene rings is 2. The third-order valence-corrected chi connectivity index (χ3v) is 16.1. The molecule has 4 rings (SSSR count). The Kier molecular flexibility index (Phi) is 53.3. The van der Waals surface area contributed by atoms with Crippen LogP contribution in [0, 0.1) is 0 Å². The number of hydrogen-bond acceptors (Lipinski definition) is 8. The van der Waals surface area contributed by atoms with E-state index in [-0.39, 0.29) is 11.9 Å². The number of amides is 5. The molecule has 0 aromatic heterocycles. The molecule has 13 nitrogen and oxygen atoms in total. The molecule has 0 atom stereocenters. The Hall–Kier alpha value is -10.4. The largest absolute Gasteiger partial charge is 0.490 e. The van der Waals surface area contributed by atoms with Crippen molar-refractivity contribution in [3.63, 3.8) is 0 Å². The molecule has 0 aliphatic carbocycles. The molecular weight excluding hydrogens is 1450 g/mol. The zero-order valence-corrected chi connectivity index (χ0v) is 69.0. The van der Waals surface area contributed by atoms with Crippen LogP contribution in [0.15, 0.2) is 256 Å². The summed E-state index contributed by atoms with van der Waals surface area (Å²) in [5.74, 6) is 1.03. The maximum Gasteiger partial charge on any atom is 0.415 e. The summed E-state index contributed by atoms with van der Waals surface area (Å²) in [5.41, 5.74) is 90.7. The van der Waals surface area contributed by atoms with E-state index in [4.69, 9.17) is 174 Å². The molecule has 2 aliphatic heterocycles. The first kappa shape index (κ1) is 109. The molecule has 2 aromatic carbocycles. The van der Waals surface area contributed by atoms with Gasteiger partial charge in [0.1, 0.15) is 35.9 Å².